The van der Waals surface area contributed by atoms with Crippen molar-refractivity contribution in [1.29, 1.82) is 0 Å². The molecule has 186 valence electrons. The molecule has 7 nitrogen and oxygen atoms in total. The van der Waals surface area contributed by atoms with Crippen LogP contribution in [-0.2, 0) is 0 Å². The van der Waals surface area contributed by atoms with Crippen molar-refractivity contribution in [2.45, 2.75) is 18.9 Å². The lowest BCUT2D eigenvalue weighted by molar-refractivity contribution is 0.0982. The van der Waals surface area contributed by atoms with E-state index in [1.165, 1.54) is 38.1 Å². The van der Waals surface area contributed by atoms with Gasteiger partial charge in [0, 0.05) is 67.7 Å². The Morgan fingerprint density at radius 1 is 0.944 bits per heavy atom. The minimum Gasteiger partial charge on any atom is -0.370 e. The second-order valence-corrected chi connectivity index (χ2v) is 10.2. The smallest absolute Gasteiger partial charge is 0.132 e. The summed E-state index contributed by atoms with van der Waals surface area (Å²) in [6.45, 7) is 6.69. The molecule has 0 atom stereocenters. The van der Waals surface area contributed by atoms with E-state index in [0.29, 0.717) is 28.0 Å². The molecule has 1 N–H and O–H groups in total. The third-order valence-electron chi connectivity index (χ3n) is 7.51. The lowest BCUT2D eigenvalue weighted by Crippen LogP contribution is -2.52. The molecule has 0 radical (unpaired) electrons. The van der Waals surface area contributed by atoms with Gasteiger partial charge in [-0.05, 0) is 56.3 Å². The van der Waals surface area contributed by atoms with E-state index < -0.39 is 0 Å². The first-order chi connectivity index (χ1) is 17.5. The molecule has 2 aliphatic heterocycles. The minimum atomic E-state index is -0.377. The van der Waals surface area contributed by atoms with Crippen LogP contribution in [0, 0.1) is 5.82 Å². The first-order valence-corrected chi connectivity index (χ1v) is 12.9. The molecule has 5 heterocycles. The largest absolute Gasteiger partial charge is 0.370 e. The highest BCUT2D eigenvalue weighted by Crippen LogP contribution is 2.33. The lowest BCUT2D eigenvalue weighted by Gasteiger charge is -2.42. The maximum atomic E-state index is 14.6. The van der Waals surface area contributed by atoms with Crippen molar-refractivity contribution in [2.24, 2.45) is 0 Å². The molecular weight excluding hydrogens is 477 g/mol. The molecule has 0 amide bonds. The van der Waals surface area contributed by atoms with Gasteiger partial charge in [0.1, 0.15) is 11.5 Å². The normalized spacial score (nSPS) is 18.2. The third-order valence-corrected chi connectivity index (χ3v) is 7.74. The molecule has 2 fully saturated rings. The number of fused-ring (bicyclic) bond motifs is 1. The number of benzene rings is 1. The second-order valence-electron chi connectivity index (χ2n) is 9.76. The number of piperazine rings is 1. The molecule has 2 saturated heterocycles. The zero-order valence-corrected chi connectivity index (χ0v) is 21.0. The Bertz CT molecular complexity index is 1370. The van der Waals surface area contributed by atoms with Crippen LogP contribution in [0.25, 0.3) is 33.5 Å². The molecule has 0 bridgehead atoms. The number of H-pyrrole nitrogens is 1. The van der Waals surface area contributed by atoms with Crippen LogP contribution in [0.15, 0.2) is 48.8 Å². The standard InChI is InChI=1S/C27H29ClFN7/c1-34-10-12-36(13-11-34)19-6-8-35(9-7-19)20-15-26-25(30-16-20)5-4-24(32-26)22-17-31-33-27(22)21-14-18(28)2-3-23(21)29/h2-5,14-17,19H,6-13H2,1H3,(H,31,33). The SMILES string of the molecule is CN1CCN(C2CCN(c3cnc4ccc(-c5c[nH]nc5-c5cc(Cl)ccc5F)nc4c3)CC2)CC1. The molecule has 9 heteroatoms. The van der Waals surface area contributed by atoms with E-state index in [1.54, 1.807) is 12.3 Å². The number of halogens is 2. The van der Waals surface area contributed by atoms with Gasteiger partial charge < -0.3 is 9.80 Å². The Kier molecular flexibility index (Phi) is 6.33. The highest BCUT2D eigenvalue weighted by Gasteiger charge is 2.27. The van der Waals surface area contributed by atoms with Gasteiger partial charge in [-0.1, -0.05) is 11.6 Å². The number of rotatable bonds is 4. The highest BCUT2D eigenvalue weighted by atomic mass is 35.5. The zero-order chi connectivity index (χ0) is 24.6. The number of hydrogen-bond donors (Lipinski definition) is 1. The van der Waals surface area contributed by atoms with Crippen molar-refractivity contribution in [1.82, 2.24) is 30.0 Å². The predicted octanol–water partition coefficient (Wildman–Crippen LogP) is 4.70. The summed E-state index contributed by atoms with van der Waals surface area (Å²) in [6, 6.07) is 11.1. The van der Waals surface area contributed by atoms with Crippen LogP contribution in [0.5, 0.6) is 0 Å². The van der Waals surface area contributed by atoms with Crippen LogP contribution in [-0.4, -0.2) is 82.3 Å². The summed E-state index contributed by atoms with van der Waals surface area (Å²) >= 11 is 6.12. The Morgan fingerprint density at radius 3 is 2.56 bits per heavy atom. The summed E-state index contributed by atoms with van der Waals surface area (Å²) < 4.78 is 14.6. The van der Waals surface area contributed by atoms with Gasteiger partial charge in [0.2, 0.25) is 0 Å². The minimum absolute atomic E-state index is 0.343. The molecule has 0 spiro atoms. The number of nitrogens with one attached hydrogen (secondary N) is 1. The summed E-state index contributed by atoms with van der Waals surface area (Å²) in [4.78, 5) is 17.1. The first-order valence-electron chi connectivity index (χ1n) is 12.5. The molecule has 36 heavy (non-hydrogen) atoms. The fourth-order valence-electron chi connectivity index (χ4n) is 5.36. The van der Waals surface area contributed by atoms with E-state index in [4.69, 9.17) is 16.6 Å². The Labute approximate surface area is 214 Å². The summed E-state index contributed by atoms with van der Waals surface area (Å²) in [5, 5.41) is 7.60. The van der Waals surface area contributed by atoms with Crippen molar-refractivity contribution < 1.29 is 4.39 Å². The average Bonchev–Trinajstić information content (AvgIpc) is 3.40. The van der Waals surface area contributed by atoms with Crippen molar-refractivity contribution in [3.63, 3.8) is 0 Å². The number of likely N-dealkylation sites (N-methyl/N-ethyl adjacent to an activating group) is 1. The number of aromatic amines is 1. The number of pyridine rings is 2. The summed E-state index contributed by atoms with van der Waals surface area (Å²) in [7, 11) is 2.20. The van der Waals surface area contributed by atoms with Gasteiger partial charge in [0.05, 0.1) is 28.6 Å². The maximum Gasteiger partial charge on any atom is 0.132 e. The van der Waals surface area contributed by atoms with Gasteiger partial charge in [-0.25, -0.2) is 9.37 Å². The summed E-state index contributed by atoms with van der Waals surface area (Å²) in [5.41, 5.74) is 4.98. The Balaban J connectivity index is 1.23. The number of aromatic nitrogens is 4. The van der Waals surface area contributed by atoms with Crippen LogP contribution < -0.4 is 4.90 Å². The third kappa shape index (κ3) is 4.56. The molecule has 0 unspecified atom stereocenters. The predicted molar refractivity (Wildman–Crippen MR) is 142 cm³/mol. The molecular formula is C27H29ClFN7. The zero-order valence-electron chi connectivity index (χ0n) is 20.3. The van der Waals surface area contributed by atoms with E-state index in [0.717, 1.165) is 48.5 Å². The fourth-order valence-corrected chi connectivity index (χ4v) is 5.54. The van der Waals surface area contributed by atoms with Crippen LogP contribution in [0.2, 0.25) is 5.02 Å². The average molecular weight is 506 g/mol. The first kappa shape index (κ1) is 23.3. The summed E-state index contributed by atoms with van der Waals surface area (Å²) in [5.74, 6) is -0.377. The van der Waals surface area contributed by atoms with Crippen molar-refractivity contribution in [2.75, 3.05) is 51.2 Å². The van der Waals surface area contributed by atoms with E-state index in [2.05, 4.69) is 43.0 Å². The van der Waals surface area contributed by atoms with Crippen molar-refractivity contribution >= 4 is 28.3 Å². The summed E-state index contributed by atoms with van der Waals surface area (Å²) in [6.07, 6.45) is 6.02. The lowest BCUT2D eigenvalue weighted by atomic mass is 10.0. The molecule has 4 aromatic rings. The van der Waals surface area contributed by atoms with Crippen LogP contribution in [0.4, 0.5) is 10.1 Å². The van der Waals surface area contributed by atoms with Gasteiger partial charge in [-0.3, -0.25) is 15.0 Å². The second kappa shape index (κ2) is 9.76. The van der Waals surface area contributed by atoms with Crippen molar-refractivity contribution in [3.05, 3.63) is 59.6 Å². The molecule has 1 aromatic carbocycles. The topological polar surface area (TPSA) is 64.2 Å². The Hall–Kier alpha value is -3.07. The molecule has 3 aromatic heterocycles. The maximum absolute atomic E-state index is 14.6. The van der Waals surface area contributed by atoms with Crippen molar-refractivity contribution in [3.8, 4) is 22.5 Å². The quantitative estimate of drug-likeness (QED) is 0.434. The number of hydrogen-bond acceptors (Lipinski definition) is 6. The molecule has 6 rings (SSSR count). The monoisotopic (exact) mass is 505 g/mol. The van der Waals surface area contributed by atoms with Gasteiger partial charge in [0.25, 0.3) is 0 Å². The van der Waals surface area contributed by atoms with Crippen LogP contribution >= 0.6 is 11.6 Å². The van der Waals surface area contributed by atoms with Gasteiger partial charge in [-0.2, -0.15) is 5.10 Å². The van der Waals surface area contributed by atoms with E-state index >= 15 is 0 Å². The van der Waals surface area contributed by atoms with E-state index in [-0.39, 0.29) is 5.82 Å². The molecule has 0 saturated carbocycles. The fraction of sp³-hybridized carbons (Fsp3) is 0.370. The number of piperidine rings is 1. The van der Waals surface area contributed by atoms with E-state index in [1.807, 2.05) is 18.3 Å². The van der Waals surface area contributed by atoms with Gasteiger partial charge in [0.15, 0.2) is 0 Å². The van der Waals surface area contributed by atoms with Gasteiger partial charge in [-0.15, -0.1) is 0 Å². The van der Waals surface area contributed by atoms with E-state index in [9.17, 15) is 4.39 Å². The molecule has 0 aliphatic carbocycles. The highest BCUT2D eigenvalue weighted by molar-refractivity contribution is 6.30. The van der Waals surface area contributed by atoms with Crippen LogP contribution in [0.1, 0.15) is 12.8 Å². The van der Waals surface area contributed by atoms with Gasteiger partial charge >= 0.3 is 0 Å². The molecule has 2 aliphatic rings. The number of anilines is 1. The number of nitrogens with zero attached hydrogens (tertiary/aromatic N) is 6. The van der Waals surface area contributed by atoms with Crippen LogP contribution in [0.3, 0.4) is 0 Å². The Morgan fingerprint density at radius 2 is 1.75 bits per heavy atom.